The van der Waals surface area contributed by atoms with Gasteiger partial charge in [0, 0.05) is 25.2 Å². The normalized spacial score (nSPS) is 20.8. The molecule has 1 aromatic heterocycles. The van der Waals surface area contributed by atoms with Crippen molar-refractivity contribution in [2.45, 2.75) is 12.5 Å². The van der Waals surface area contributed by atoms with Gasteiger partial charge >= 0.3 is 0 Å². The van der Waals surface area contributed by atoms with Crippen LogP contribution >= 0.6 is 0 Å². The van der Waals surface area contributed by atoms with Gasteiger partial charge in [0.1, 0.15) is 5.76 Å². The van der Waals surface area contributed by atoms with E-state index in [1.165, 1.54) is 0 Å². The molecule has 86 valence electrons. The lowest BCUT2D eigenvalue weighted by atomic mass is 10.3. The van der Waals surface area contributed by atoms with Crippen LogP contribution in [0.1, 0.15) is 12.2 Å². The van der Waals surface area contributed by atoms with Gasteiger partial charge in [0.15, 0.2) is 0 Å². The predicted octanol–water partition coefficient (Wildman–Crippen LogP) is 1.11. The third-order valence-corrected chi connectivity index (χ3v) is 2.84. The van der Waals surface area contributed by atoms with Crippen molar-refractivity contribution in [3.8, 4) is 0 Å². The number of nitrogens with zero attached hydrogens (tertiary/aromatic N) is 1. The smallest absolute Gasteiger partial charge is 0.246 e. The van der Waals surface area contributed by atoms with Crippen molar-refractivity contribution in [1.82, 2.24) is 10.2 Å². The molecule has 1 unspecified atom stereocenters. The van der Waals surface area contributed by atoms with Gasteiger partial charge in [0.2, 0.25) is 5.91 Å². The average molecular weight is 220 g/mol. The highest BCUT2D eigenvalue weighted by Crippen LogP contribution is 2.10. The van der Waals surface area contributed by atoms with Gasteiger partial charge in [-0.1, -0.05) is 0 Å². The first-order chi connectivity index (χ1) is 7.79. The number of nitrogens with one attached hydrogen (secondary N) is 1. The molecule has 0 radical (unpaired) electrons. The molecule has 4 heteroatoms. The molecule has 1 amide bonds. The number of likely N-dealkylation sites (tertiary alicyclic amines) is 1. The van der Waals surface area contributed by atoms with E-state index < -0.39 is 0 Å². The van der Waals surface area contributed by atoms with Crippen LogP contribution in [0, 0.1) is 0 Å². The molecule has 1 fully saturated rings. The number of hydrogen-bond donors (Lipinski definition) is 1. The fourth-order valence-corrected chi connectivity index (χ4v) is 1.84. The Hall–Kier alpha value is -1.55. The summed E-state index contributed by atoms with van der Waals surface area (Å²) in [6.07, 6.45) is 5.89. The van der Waals surface area contributed by atoms with Gasteiger partial charge in [0.25, 0.3) is 0 Å². The molecule has 1 aliphatic heterocycles. The van der Waals surface area contributed by atoms with Crippen molar-refractivity contribution in [3.63, 3.8) is 0 Å². The highest BCUT2D eigenvalue weighted by molar-refractivity contribution is 5.91. The van der Waals surface area contributed by atoms with Crippen LogP contribution in [0.5, 0.6) is 0 Å². The van der Waals surface area contributed by atoms with Crippen LogP contribution in [0.15, 0.2) is 28.9 Å². The first kappa shape index (κ1) is 11.0. The molecule has 0 spiro atoms. The molecule has 2 heterocycles. The maximum Gasteiger partial charge on any atom is 0.246 e. The fourth-order valence-electron chi connectivity index (χ4n) is 1.84. The SMILES string of the molecule is CNC1CCN(C(=O)/C=C/c2ccco2)C1. The maximum atomic E-state index is 11.8. The quantitative estimate of drug-likeness (QED) is 0.776. The van der Waals surface area contributed by atoms with Gasteiger partial charge in [-0.2, -0.15) is 0 Å². The Balaban J connectivity index is 1.89. The zero-order chi connectivity index (χ0) is 11.4. The number of amides is 1. The minimum Gasteiger partial charge on any atom is -0.465 e. The molecule has 1 atom stereocenters. The van der Waals surface area contributed by atoms with Crippen LogP contribution in [-0.4, -0.2) is 37.0 Å². The van der Waals surface area contributed by atoms with Gasteiger partial charge in [-0.05, 0) is 31.7 Å². The zero-order valence-corrected chi connectivity index (χ0v) is 9.35. The van der Waals surface area contributed by atoms with E-state index in [9.17, 15) is 4.79 Å². The van der Waals surface area contributed by atoms with Gasteiger partial charge in [-0.3, -0.25) is 4.79 Å². The summed E-state index contributed by atoms with van der Waals surface area (Å²) < 4.78 is 5.12. The molecule has 1 saturated heterocycles. The Kier molecular flexibility index (Phi) is 3.41. The molecule has 0 aromatic carbocycles. The molecule has 16 heavy (non-hydrogen) atoms. The molecule has 1 aromatic rings. The van der Waals surface area contributed by atoms with Crippen LogP contribution in [-0.2, 0) is 4.79 Å². The molecule has 0 aliphatic carbocycles. The highest BCUT2D eigenvalue weighted by Gasteiger charge is 2.23. The van der Waals surface area contributed by atoms with E-state index in [2.05, 4.69) is 5.32 Å². The summed E-state index contributed by atoms with van der Waals surface area (Å²) in [7, 11) is 1.93. The third-order valence-electron chi connectivity index (χ3n) is 2.84. The number of carbonyl (C=O) groups is 1. The lowest BCUT2D eigenvalue weighted by Gasteiger charge is -2.13. The van der Waals surface area contributed by atoms with Gasteiger partial charge in [-0.15, -0.1) is 0 Å². The second-order valence-electron chi connectivity index (χ2n) is 3.91. The Morgan fingerprint density at radius 1 is 1.69 bits per heavy atom. The summed E-state index contributed by atoms with van der Waals surface area (Å²) in [4.78, 5) is 13.6. The first-order valence-corrected chi connectivity index (χ1v) is 5.47. The highest BCUT2D eigenvalue weighted by atomic mass is 16.3. The van der Waals surface area contributed by atoms with Crippen LogP contribution < -0.4 is 5.32 Å². The van der Waals surface area contributed by atoms with E-state index in [-0.39, 0.29) is 5.91 Å². The summed E-state index contributed by atoms with van der Waals surface area (Å²) >= 11 is 0. The van der Waals surface area contributed by atoms with Crippen molar-refractivity contribution in [2.75, 3.05) is 20.1 Å². The Bertz CT molecular complexity index is 370. The monoisotopic (exact) mass is 220 g/mol. The number of hydrogen-bond acceptors (Lipinski definition) is 3. The summed E-state index contributed by atoms with van der Waals surface area (Å²) in [5, 5.41) is 3.18. The third kappa shape index (κ3) is 2.52. The molecule has 0 saturated carbocycles. The molecular formula is C12H16N2O2. The van der Waals surface area contributed by atoms with Gasteiger partial charge < -0.3 is 14.6 Å². The van der Waals surface area contributed by atoms with E-state index >= 15 is 0 Å². The number of likely N-dealkylation sites (N-methyl/N-ethyl adjacent to an activating group) is 1. The van der Waals surface area contributed by atoms with Crippen molar-refractivity contribution in [2.24, 2.45) is 0 Å². The minimum atomic E-state index is 0.0501. The average Bonchev–Trinajstić information content (AvgIpc) is 2.96. The number of rotatable bonds is 3. The minimum absolute atomic E-state index is 0.0501. The van der Waals surface area contributed by atoms with E-state index in [1.807, 2.05) is 18.0 Å². The Labute approximate surface area is 94.9 Å². The molecule has 1 aliphatic rings. The van der Waals surface area contributed by atoms with Crippen molar-refractivity contribution >= 4 is 12.0 Å². The second-order valence-corrected chi connectivity index (χ2v) is 3.91. The predicted molar refractivity (Wildman–Crippen MR) is 61.8 cm³/mol. The van der Waals surface area contributed by atoms with E-state index in [1.54, 1.807) is 24.5 Å². The Morgan fingerprint density at radius 3 is 3.19 bits per heavy atom. The van der Waals surface area contributed by atoms with Crippen LogP contribution in [0.25, 0.3) is 6.08 Å². The molecule has 1 N–H and O–H groups in total. The first-order valence-electron chi connectivity index (χ1n) is 5.47. The largest absolute Gasteiger partial charge is 0.465 e. The lowest BCUT2D eigenvalue weighted by Crippen LogP contribution is -2.32. The number of furan rings is 1. The van der Waals surface area contributed by atoms with Crippen LogP contribution in [0.4, 0.5) is 0 Å². The van der Waals surface area contributed by atoms with Crippen LogP contribution in [0.2, 0.25) is 0 Å². The number of carbonyl (C=O) groups excluding carboxylic acids is 1. The van der Waals surface area contributed by atoms with Crippen LogP contribution in [0.3, 0.4) is 0 Å². The topological polar surface area (TPSA) is 45.5 Å². The van der Waals surface area contributed by atoms with Gasteiger partial charge in [0.05, 0.1) is 6.26 Å². The zero-order valence-electron chi connectivity index (χ0n) is 9.35. The maximum absolute atomic E-state index is 11.8. The van der Waals surface area contributed by atoms with Gasteiger partial charge in [-0.25, -0.2) is 0 Å². The molecule has 0 bridgehead atoms. The summed E-state index contributed by atoms with van der Waals surface area (Å²) in [5.74, 6) is 0.756. The lowest BCUT2D eigenvalue weighted by molar-refractivity contribution is -0.125. The molecule has 4 nitrogen and oxygen atoms in total. The van der Waals surface area contributed by atoms with Crippen molar-refractivity contribution in [1.29, 1.82) is 0 Å². The summed E-state index contributed by atoms with van der Waals surface area (Å²) in [6.45, 7) is 1.62. The molecule has 2 rings (SSSR count). The second kappa shape index (κ2) is 4.99. The van der Waals surface area contributed by atoms with E-state index in [0.717, 1.165) is 19.5 Å². The summed E-state index contributed by atoms with van der Waals surface area (Å²) in [6, 6.07) is 4.06. The summed E-state index contributed by atoms with van der Waals surface area (Å²) in [5.41, 5.74) is 0. The fraction of sp³-hybridized carbons (Fsp3) is 0.417. The Morgan fingerprint density at radius 2 is 2.56 bits per heavy atom. The van der Waals surface area contributed by atoms with Crippen molar-refractivity contribution in [3.05, 3.63) is 30.2 Å². The molecular weight excluding hydrogens is 204 g/mol. The van der Waals surface area contributed by atoms with Crippen molar-refractivity contribution < 1.29 is 9.21 Å². The standard InChI is InChI=1S/C12H16N2O2/c1-13-10-6-7-14(9-10)12(15)5-4-11-3-2-8-16-11/h2-5,8,10,13H,6-7,9H2,1H3/b5-4+. The van der Waals surface area contributed by atoms with E-state index in [4.69, 9.17) is 4.42 Å². The van der Waals surface area contributed by atoms with E-state index in [0.29, 0.717) is 11.8 Å².